The molecule has 0 bridgehead atoms. The highest BCUT2D eigenvalue weighted by Crippen LogP contribution is 2.53. The molecule has 1 spiro atoms. The van der Waals surface area contributed by atoms with E-state index < -0.39 is 5.60 Å². The molecule has 0 unspecified atom stereocenters. The molecule has 1 atom stereocenters. The molecular formula is C14H20IN3O2. The third-order valence-electron chi connectivity index (χ3n) is 3.97. The van der Waals surface area contributed by atoms with Crippen LogP contribution >= 0.6 is 22.6 Å². The van der Waals surface area contributed by atoms with Gasteiger partial charge in [0, 0.05) is 18.3 Å². The van der Waals surface area contributed by atoms with Crippen molar-refractivity contribution in [2.75, 3.05) is 6.54 Å². The summed E-state index contributed by atoms with van der Waals surface area (Å²) in [5, 5.41) is 4.39. The van der Waals surface area contributed by atoms with Gasteiger partial charge in [-0.3, -0.25) is 4.68 Å². The quantitative estimate of drug-likeness (QED) is 0.694. The van der Waals surface area contributed by atoms with Crippen molar-refractivity contribution >= 4 is 28.7 Å². The number of carbonyl (C=O) groups is 1. The van der Waals surface area contributed by atoms with Crippen LogP contribution in [0.2, 0.25) is 0 Å². The molecule has 1 aliphatic carbocycles. The van der Waals surface area contributed by atoms with Gasteiger partial charge in [0.2, 0.25) is 0 Å². The van der Waals surface area contributed by atoms with Gasteiger partial charge in [-0.25, -0.2) is 4.79 Å². The van der Waals surface area contributed by atoms with Crippen LogP contribution in [0.4, 0.5) is 4.79 Å². The molecule has 6 heteroatoms. The molecule has 110 valence electrons. The molecule has 2 heterocycles. The smallest absolute Gasteiger partial charge is 0.410 e. The fourth-order valence-corrected chi connectivity index (χ4v) is 3.32. The maximum absolute atomic E-state index is 12.4. The zero-order chi connectivity index (χ0) is 14.5. The molecule has 1 amide bonds. The first-order chi connectivity index (χ1) is 9.29. The van der Waals surface area contributed by atoms with Crippen LogP contribution in [-0.4, -0.2) is 38.5 Å². The topological polar surface area (TPSA) is 47.4 Å². The van der Waals surface area contributed by atoms with Gasteiger partial charge < -0.3 is 9.64 Å². The van der Waals surface area contributed by atoms with Gasteiger partial charge in [-0.05, 0) is 62.6 Å². The van der Waals surface area contributed by atoms with Gasteiger partial charge in [0.1, 0.15) is 5.60 Å². The monoisotopic (exact) mass is 389 g/mol. The largest absolute Gasteiger partial charge is 0.444 e. The molecule has 2 aliphatic rings. The Morgan fingerprint density at radius 3 is 2.70 bits per heavy atom. The summed E-state index contributed by atoms with van der Waals surface area (Å²) in [5.41, 5.74) is -0.406. The van der Waals surface area contributed by atoms with Gasteiger partial charge in [-0.15, -0.1) is 0 Å². The lowest BCUT2D eigenvalue weighted by Crippen LogP contribution is -2.41. The Morgan fingerprint density at radius 1 is 1.50 bits per heavy atom. The summed E-state index contributed by atoms with van der Waals surface area (Å²) in [6.07, 6.45) is 6.88. The fraction of sp³-hybridized carbons (Fsp3) is 0.714. The van der Waals surface area contributed by atoms with Gasteiger partial charge in [0.15, 0.2) is 0 Å². The van der Waals surface area contributed by atoms with E-state index in [0.717, 1.165) is 22.8 Å². The molecule has 0 N–H and O–H groups in total. The SMILES string of the molecule is CC(C)(C)OC(=O)N1C[C@H](n2cc(I)cn2)CC12CC2. The molecule has 20 heavy (non-hydrogen) atoms. The van der Waals surface area contributed by atoms with Crippen LogP contribution in [0.15, 0.2) is 12.4 Å². The first-order valence-corrected chi connectivity index (χ1v) is 8.07. The van der Waals surface area contributed by atoms with E-state index in [-0.39, 0.29) is 17.7 Å². The average molecular weight is 389 g/mol. The Morgan fingerprint density at radius 2 is 2.20 bits per heavy atom. The summed E-state index contributed by atoms with van der Waals surface area (Å²) in [7, 11) is 0. The van der Waals surface area contributed by atoms with Crippen molar-refractivity contribution < 1.29 is 9.53 Å². The summed E-state index contributed by atoms with van der Waals surface area (Å²) in [5.74, 6) is 0. The van der Waals surface area contributed by atoms with E-state index in [1.165, 1.54) is 0 Å². The normalized spacial score (nSPS) is 24.2. The Bertz CT molecular complexity index is 531. The highest BCUT2D eigenvalue weighted by atomic mass is 127. The molecule has 0 aromatic carbocycles. The number of nitrogens with zero attached hydrogens (tertiary/aromatic N) is 3. The van der Waals surface area contributed by atoms with Crippen molar-refractivity contribution in [1.82, 2.24) is 14.7 Å². The molecular weight excluding hydrogens is 369 g/mol. The van der Waals surface area contributed by atoms with Crippen LogP contribution in [-0.2, 0) is 4.74 Å². The van der Waals surface area contributed by atoms with Crippen molar-refractivity contribution in [3.63, 3.8) is 0 Å². The first kappa shape index (κ1) is 14.2. The fourth-order valence-electron chi connectivity index (χ4n) is 2.91. The summed E-state index contributed by atoms with van der Waals surface area (Å²) >= 11 is 2.26. The van der Waals surface area contributed by atoms with E-state index >= 15 is 0 Å². The number of likely N-dealkylation sites (tertiary alicyclic amines) is 1. The van der Waals surface area contributed by atoms with Crippen LogP contribution in [0.5, 0.6) is 0 Å². The van der Waals surface area contributed by atoms with Crippen LogP contribution in [0.1, 0.15) is 46.1 Å². The lowest BCUT2D eigenvalue weighted by atomic mass is 10.1. The van der Waals surface area contributed by atoms with Crippen molar-refractivity contribution in [3.8, 4) is 0 Å². The molecule has 1 saturated carbocycles. The van der Waals surface area contributed by atoms with Crippen LogP contribution < -0.4 is 0 Å². The van der Waals surface area contributed by atoms with E-state index in [2.05, 4.69) is 27.7 Å². The Kier molecular flexibility index (Phi) is 3.26. The third-order valence-corrected chi connectivity index (χ3v) is 4.52. The molecule has 5 nitrogen and oxygen atoms in total. The summed E-state index contributed by atoms with van der Waals surface area (Å²) < 4.78 is 8.66. The minimum atomic E-state index is -0.438. The van der Waals surface area contributed by atoms with Crippen LogP contribution in [0, 0.1) is 3.57 Å². The number of hydrogen-bond donors (Lipinski definition) is 0. The van der Waals surface area contributed by atoms with Crippen molar-refractivity contribution in [2.45, 2.75) is 57.2 Å². The predicted molar refractivity (Wildman–Crippen MR) is 83.5 cm³/mol. The molecule has 1 aromatic rings. The van der Waals surface area contributed by atoms with Gasteiger partial charge in [0.25, 0.3) is 0 Å². The first-order valence-electron chi connectivity index (χ1n) is 6.99. The molecule has 2 fully saturated rings. The minimum Gasteiger partial charge on any atom is -0.444 e. The highest BCUT2D eigenvalue weighted by Gasteiger charge is 2.57. The summed E-state index contributed by atoms with van der Waals surface area (Å²) in [6, 6.07) is 0.272. The average Bonchev–Trinajstić information content (AvgIpc) is 2.78. The zero-order valence-corrected chi connectivity index (χ0v) is 14.3. The third kappa shape index (κ3) is 2.66. The molecule has 1 aliphatic heterocycles. The number of rotatable bonds is 1. The number of ether oxygens (including phenoxy) is 1. The van der Waals surface area contributed by atoms with Gasteiger partial charge in [-0.1, -0.05) is 0 Å². The van der Waals surface area contributed by atoms with Gasteiger partial charge >= 0.3 is 6.09 Å². The molecule has 1 saturated heterocycles. The van der Waals surface area contributed by atoms with Crippen molar-refractivity contribution in [3.05, 3.63) is 16.0 Å². The van der Waals surface area contributed by atoms with E-state index in [9.17, 15) is 4.79 Å². The lowest BCUT2D eigenvalue weighted by Gasteiger charge is -2.28. The number of amides is 1. The Balaban J connectivity index is 1.75. The second-order valence-electron chi connectivity index (χ2n) is 6.81. The van der Waals surface area contributed by atoms with Gasteiger partial charge in [0.05, 0.1) is 15.8 Å². The second kappa shape index (κ2) is 4.61. The van der Waals surface area contributed by atoms with Crippen molar-refractivity contribution in [1.29, 1.82) is 0 Å². The number of hydrogen-bond acceptors (Lipinski definition) is 3. The van der Waals surface area contributed by atoms with E-state index in [0.29, 0.717) is 6.54 Å². The lowest BCUT2D eigenvalue weighted by molar-refractivity contribution is 0.0199. The Labute approximate surface area is 132 Å². The standard InChI is InChI=1S/C14H20IN3O2/c1-13(2,3)20-12(19)17-9-11(6-14(17)4-5-14)18-8-10(15)7-16-18/h7-8,11H,4-6,9H2,1-3H3/t11-/m1/s1. The number of carbonyl (C=O) groups excluding carboxylic acids is 1. The van der Waals surface area contributed by atoms with Crippen LogP contribution in [0.25, 0.3) is 0 Å². The summed E-state index contributed by atoms with van der Waals surface area (Å²) in [4.78, 5) is 14.3. The zero-order valence-electron chi connectivity index (χ0n) is 12.1. The van der Waals surface area contributed by atoms with Crippen molar-refractivity contribution in [2.24, 2.45) is 0 Å². The summed E-state index contributed by atoms with van der Waals surface area (Å²) in [6.45, 7) is 6.43. The van der Waals surface area contributed by atoms with Gasteiger partial charge in [-0.2, -0.15) is 5.10 Å². The minimum absolute atomic E-state index is 0.0321. The second-order valence-corrected chi connectivity index (χ2v) is 8.06. The highest BCUT2D eigenvalue weighted by molar-refractivity contribution is 14.1. The predicted octanol–water partition coefficient (Wildman–Crippen LogP) is 3.20. The Hall–Kier alpha value is -0.790. The van der Waals surface area contributed by atoms with E-state index in [4.69, 9.17) is 4.74 Å². The van der Waals surface area contributed by atoms with E-state index in [1.54, 1.807) is 0 Å². The molecule has 3 rings (SSSR count). The van der Waals surface area contributed by atoms with Crippen LogP contribution in [0.3, 0.4) is 0 Å². The molecule has 0 radical (unpaired) electrons. The number of aromatic nitrogens is 2. The van der Waals surface area contributed by atoms with E-state index in [1.807, 2.05) is 42.7 Å². The maximum Gasteiger partial charge on any atom is 0.410 e. The number of halogens is 1. The molecule has 1 aromatic heterocycles. The maximum atomic E-state index is 12.4.